The summed E-state index contributed by atoms with van der Waals surface area (Å²) in [7, 11) is 0. The van der Waals surface area contributed by atoms with Gasteiger partial charge in [-0.25, -0.2) is 0 Å². The molecule has 3 fully saturated rings. The maximum Gasteiger partial charge on any atom is 0.320 e. The topological polar surface area (TPSA) is 69.6 Å². The van der Waals surface area contributed by atoms with E-state index in [2.05, 4.69) is 5.32 Å². The van der Waals surface area contributed by atoms with Crippen molar-refractivity contribution in [1.82, 2.24) is 10.2 Å². The number of rotatable bonds is 4. The molecule has 5 nitrogen and oxygen atoms in total. The maximum absolute atomic E-state index is 12.5. The van der Waals surface area contributed by atoms with Gasteiger partial charge in [0.25, 0.3) is 0 Å². The molecule has 5 heteroatoms. The fourth-order valence-corrected chi connectivity index (χ4v) is 4.89. The first kappa shape index (κ1) is 16.7. The highest BCUT2D eigenvalue weighted by atomic mass is 16.4. The van der Waals surface area contributed by atoms with Gasteiger partial charge in [0.15, 0.2) is 0 Å². The van der Waals surface area contributed by atoms with Crippen molar-refractivity contribution >= 4 is 11.9 Å². The Hall–Kier alpha value is -1.10. The predicted octanol–water partition coefficient (Wildman–Crippen LogP) is 2.54. The molecule has 0 spiro atoms. The number of hydrogen-bond donors (Lipinski definition) is 2. The van der Waals surface area contributed by atoms with Gasteiger partial charge < -0.3 is 10.4 Å². The lowest BCUT2D eigenvalue weighted by Crippen LogP contribution is -2.49. The monoisotopic (exact) mass is 322 g/mol. The van der Waals surface area contributed by atoms with Gasteiger partial charge in [0.2, 0.25) is 5.91 Å². The minimum absolute atomic E-state index is 0.0226. The lowest BCUT2D eigenvalue weighted by Gasteiger charge is -2.32. The van der Waals surface area contributed by atoms with Crippen LogP contribution in [0.25, 0.3) is 0 Å². The number of aliphatic carboxylic acids is 1. The third-order valence-corrected chi connectivity index (χ3v) is 6.05. The van der Waals surface area contributed by atoms with E-state index in [1.54, 1.807) is 0 Å². The van der Waals surface area contributed by atoms with Gasteiger partial charge >= 0.3 is 5.97 Å². The Morgan fingerprint density at radius 3 is 2.30 bits per heavy atom. The van der Waals surface area contributed by atoms with Crippen molar-refractivity contribution in [1.29, 1.82) is 0 Å². The van der Waals surface area contributed by atoms with Gasteiger partial charge in [-0.05, 0) is 38.0 Å². The molecule has 0 aromatic carbocycles. The first-order valence-corrected chi connectivity index (χ1v) is 9.43. The summed E-state index contributed by atoms with van der Waals surface area (Å²) in [6.45, 7) is 0.259. The molecule has 3 aliphatic rings. The van der Waals surface area contributed by atoms with Crippen LogP contribution in [-0.4, -0.2) is 46.6 Å². The molecule has 1 heterocycles. The number of likely N-dealkylation sites (tertiary alicyclic amines) is 1. The largest absolute Gasteiger partial charge is 0.480 e. The molecule has 0 aromatic rings. The van der Waals surface area contributed by atoms with E-state index in [1.165, 1.54) is 32.1 Å². The van der Waals surface area contributed by atoms with Crippen LogP contribution in [0.5, 0.6) is 0 Å². The van der Waals surface area contributed by atoms with Crippen molar-refractivity contribution < 1.29 is 14.7 Å². The zero-order valence-electron chi connectivity index (χ0n) is 14.0. The smallest absolute Gasteiger partial charge is 0.320 e. The number of hydrogen-bond acceptors (Lipinski definition) is 3. The molecule has 0 radical (unpaired) electrons. The van der Waals surface area contributed by atoms with Crippen LogP contribution in [0.15, 0.2) is 0 Å². The van der Waals surface area contributed by atoms with Crippen LogP contribution in [0.2, 0.25) is 0 Å². The Labute approximate surface area is 138 Å². The molecule has 3 atom stereocenters. The predicted molar refractivity (Wildman–Crippen MR) is 88.1 cm³/mol. The molecule has 1 aliphatic heterocycles. The number of nitrogens with zero attached hydrogens (tertiary/aromatic N) is 1. The van der Waals surface area contributed by atoms with E-state index in [-0.39, 0.29) is 18.5 Å². The van der Waals surface area contributed by atoms with Crippen LogP contribution in [0.3, 0.4) is 0 Å². The minimum Gasteiger partial charge on any atom is -0.480 e. The number of nitrogens with one attached hydrogen (secondary N) is 1. The Morgan fingerprint density at radius 2 is 1.61 bits per heavy atom. The SMILES string of the molecule is O=C(CN1[C@@H]2CCCC[C@H]2C[C@H]1C(=O)O)NC1CCCCCC1. The normalized spacial score (nSPS) is 33.0. The first-order chi connectivity index (χ1) is 11.1. The van der Waals surface area contributed by atoms with Gasteiger partial charge in [-0.1, -0.05) is 38.5 Å². The molecule has 2 saturated carbocycles. The summed E-state index contributed by atoms with van der Waals surface area (Å²) in [6, 6.07) is 0.116. The van der Waals surface area contributed by atoms with Crippen molar-refractivity contribution in [2.75, 3.05) is 6.54 Å². The van der Waals surface area contributed by atoms with E-state index < -0.39 is 12.0 Å². The lowest BCUT2D eigenvalue weighted by molar-refractivity contribution is -0.143. The molecule has 1 saturated heterocycles. The van der Waals surface area contributed by atoms with E-state index in [0.29, 0.717) is 12.0 Å². The molecular weight excluding hydrogens is 292 g/mol. The average Bonchev–Trinajstić information content (AvgIpc) is 2.70. The zero-order chi connectivity index (χ0) is 16.2. The second-order valence-electron chi connectivity index (χ2n) is 7.63. The number of carbonyl (C=O) groups excluding carboxylic acids is 1. The van der Waals surface area contributed by atoms with Crippen LogP contribution < -0.4 is 5.32 Å². The second-order valence-corrected chi connectivity index (χ2v) is 7.63. The third kappa shape index (κ3) is 4.06. The van der Waals surface area contributed by atoms with E-state index >= 15 is 0 Å². The number of carbonyl (C=O) groups is 2. The summed E-state index contributed by atoms with van der Waals surface area (Å²) in [5.41, 5.74) is 0. The number of carboxylic acid groups (broad SMARTS) is 1. The molecule has 2 N–H and O–H groups in total. The molecule has 0 unspecified atom stereocenters. The highest BCUT2D eigenvalue weighted by Crippen LogP contribution is 2.39. The van der Waals surface area contributed by atoms with Crippen molar-refractivity contribution in [2.45, 2.75) is 88.8 Å². The highest BCUT2D eigenvalue weighted by Gasteiger charge is 2.45. The maximum atomic E-state index is 12.5. The molecule has 2 aliphatic carbocycles. The third-order valence-electron chi connectivity index (χ3n) is 6.05. The molecular formula is C18H30N2O3. The van der Waals surface area contributed by atoms with Crippen LogP contribution in [0, 0.1) is 5.92 Å². The summed E-state index contributed by atoms with van der Waals surface area (Å²) >= 11 is 0. The molecule has 1 amide bonds. The lowest BCUT2D eigenvalue weighted by atomic mass is 9.85. The van der Waals surface area contributed by atoms with E-state index in [0.717, 1.165) is 38.5 Å². The molecule has 0 aromatic heterocycles. The van der Waals surface area contributed by atoms with Crippen LogP contribution in [0.4, 0.5) is 0 Å². The summed E-state index contributed by atoms with van der Waals surface area (Å²) in [6.07, 6.45) is 12.3. The van der Waals surface area contributed by atoms with E-state index in [4.69, 9.17) is 0 Å². The summed E-state index contributed by atoms with van der Waals surface area (Å²) in [5.74, 6) is -0.272. The van der Waals surface area contributed by atoms with Gasteiger partial charge in [0.1, 0.15) is 6.04 Å². The number of carboxylic acids is 1. The van der Waals surface area contributed by atoms with Crippen LogP contribution in [-0.2, 0) is 9.59 Å². The Balaban J connectivity index is 1.59. The Kier molecular flexibility index (Phi) is 5.57. The minimum atomic E-state index is -0.762. The van der Waals surface area contributed by atoms with E-state index in [1.807, 2.05) is 4.90 Å². The standard InChI is InChI=1S/C18H30N2O3/c21-17(19-14-8-3-1-2-4-9-14)12-20-15-10-6-5-7-13(15)11-16(20)18(22)23/h13-16H,1-12H2,(H,19,21)(H,22,23)/t13-,15+,16-/m0/s1. The van der Waals surface area contributed by atoms with Gasteiger partial charge in [0.05, 0.1) is 6.54 Å². The molecule has 130 valence electrons. The van der Waals surface area contributed by atoms with Crippen molar-refractivity contribution in [2.24, 2.45) is 5.92 Å². The summed E-state index contributed by atoms with van der Waals surface area (Å²) in [5, 5.41) is 12.7. The van der Waals surface area contributed by atoms with Crippen molar-refractivity contribution in [3.05, 3.63) is 0 Å². The Morgan fingerprint density at radius 1 is 0.957 bits per heavy atom. The number of fused-ring (bicyclic) bond motifs is 1. The zero-order valence-corrected chi connectivity index (χ0v) is 14.0. The van der Waals surface area contributed by atoms with Crippen LogP contribution >= 0.6 is 0 Å². The van der Waals surface area contributed by atoms with E-state index in [9.17, 15) is 14.7 Å². The second kappa shape index (κ2) is 7.65. The fraction of sp³-hybridized carbons (Fsp3) is 0.889. The van der Waals surface area contributed by atoms with Crippen LogP contribution in [0.1, 0.15) is 70.6 Å². The van der Waals surface area contributed by atoms with Gasteiger partial charge in [-0.3, -0.25) is 14.5 Å². The van der Waals surface area contributed by atoms with Gasteiger partial charge in [0, 0.05) is 12.1 Å². The molecule has 0 bridgehead atoms. The van der Waals surface area contributed by atoms with Crippen molar-refractivity contribution in [3.63, 3.8) is 0 Å². The number of amides is 1. The van der Waals surface area contributed by atoms with Gasteiger partial charge in [-0.15, -0.1) is 0 Å². The highest BCUT2D eigenvalue weighted by molar-refractivity contribution is 5.80. The van der Waals surface area contributed by atoms with Gasteiger partial charge in [-0.2, -0.15) is 0 Å². The summed E-state index contributed by atoms with van der Waals surface area (Å²) < 4.78 is 0. The first-order valence-electron chi connectivity index (χ1n) is 9.43. The average molecular weight is 322 g/mol. The Bertz CT molecular complexity index is 432. The van der Waals surface area contributed by atoms with Crippen molar-refractivity contribution in [3.8, 4) is 0 Å². The quantitative estimate of drug-likeness (QED) is 0.781. The summed E-state index contributed by atoms with van der Waals surface area (Å²) in [4.78, 5) is 26.1. The fourth-order valence-electron chi connectivity index (χ4n) is 4.89. The molecule has 23 heavy (non-hydrogen) atoms. The molecule has 3 rings (SSSR count).